The van der Waals surface area contributed by atoms with Gasteiger partial charge in [0.25, 0.3) is 0 Å². The van der Waals surface area contributed by atoms with Crippen molar-refractivity contribution in [2.45, 2.75) is 46.1 Å². The Balaban J connectivity index is 1.65. The van der Waals surface area contributed by atoms with Gasteiger partial charge in [-0.2, -0.15) is 0 Å². The lowest BCUT2D eigenvalue weighted by Gasteiger charge is -2.39. The van der Waals surface area contributed by atoms with E-state index in [1.807, 2.05) is 55.5 Å². The fourth-order valence-electron chi connectivity index (χ4n) is 4.65. The number of hydrogen-bond acceptors (Lipinski definition) is 5. The minimum Gasteiger partial charge on any atom is -0.489 e. The molecule has 33 heavy (non-hydrogen) atoms. The molecule has 0 fully saturated rings. The lowest BCUT2D eigenvalue weighted by atomic mass is 9.68. The van der Waals surface area contributed by atoms with Crippen LogP contribution in [0.3, 0.4) is 0 Å². The molecule has 0 bridgehead atoms. The Hall–Kier alpha value is -3.05. The summed E-state index contributed by atoms with van der Waals surface area (Å²) >= 11 is 5.94. The van der Waals surface area contributed by atoms with E-state index in [1.165, 1.54) is 7.11 Å². The second kappa shape index (κ2) is 9.06. The number of methoxy groups -OCH3 is 1. The summed E-state index contributed by atoms with van der Waals surface area (Å²) in [5.41, 5.74) is 4.49. The molecule has 172 valence electrons. The molecule has 1 N–H and O–H groups in total. The van der Waals surface area contributed by atoms with Crippen molar-refractivity contribution in [3.8, 4) is 5.75 Å². The summed E-state index contributed by atoms with van der Waals surface area (Å²) in [6.45, 7) is 6.46. The third-order valence-corrected chi connectivity index (χ3v) is 6.43. The highest BCUT2D eigenvalue weighted by Gasteiger charge is 2.42. The highest BCUT2D eigenvalue weighted by atomic mass is 35.5. The van der Waals surface area contributed by atoms with Crippen LogP contribution in [0.5, 0.6) is 5.75 Å². The van der Waals surface area contributed by atoms with Gasteiger partial charge in [-0.15, -0.1) is 0 Å². The monoisotopic (exact) mass is 465 g/mol. The third kappa shape index (κ3) is 4.83. The summed E-state index contributed by atoms with van der Waals surface area (Å²) in [5, 5.41) is 4.01. The van der Waals surface area contributed by atoms with E-state index in [1.54, 1.807) is 0 Å². The molecule has 1 aliphatic carbocycles. The van der Waals surface area contributed by atoms with Crippen LogP contribution in [0.25, 0.3) is 0 Å². The molecule has 0 saturated carbocycles. The van der Waals surface area contributed by atoms with Crippen molar-refractivity contribution in [1.29, 1.82) is 0 Å². The van der Waals surface area contributed by atoms with Gasteiger partial charge in [-0.05, 0) is 54.2 Å². The summed E-state index contributed by atoms with van der Waals surface area (Å²) in [6.07, 6.45) is 1.19. The minimum atomic E-state index is -0.470. The van der Waals surface area contributed by atoms with Gasteiger partial charge in [-0.1, -0.05) is 49.7 Å². The number of hydrogen-bond donors (Lipinski definition) is 1. The molecular weight excluding hydrogens is 438 g/mol. The standard InChI is InChI=1S/C27H28ClNO4/c1-16-23(26(31)32-4)24(25-21(29-16)13-27(2,3)14-22(25)30)18-7-11-20(12-8-18)33-15-17-5-9-19(28)10-6-17/h5-12,24,29H,13-15H2,1-4H3/t24-/m0/s1. The van der Waals surface area contributed by atoms with Crippen LogP contribution in [0.2, 0.25) is 5.02 Å². The molecular formula is C27H28ClNO4. The number of benzene rings is 2. The number of ketones is 1. The number of Topliss-reactive ketones (excluding diaryl/α,β-unsaturated/α-hetero) is 1. The van der Waals surface area contributed by atoms with E-state index in [0.29, 0.717) is 34.9 Å². The Morgan fingerprint density at radius 3 is 2.39 bits per heavy atom. The van der Waals surface area contributed by atoms with Crippen molar-refractivity contribution < 1.29 is 19.1 Å². The Bertz CT molecular complexity index is 1140. The molecule has 2 aromatic carbocycles. The van der Waals surface area contributed by atoms with Crippen LogP contribution in [0.1, 0.15) is 50.7 Å². The molecule has 1 heterocycles. The van der Waals surface area contributed by atoms with E-state index in [-0.39, 0.29) is 11.2 Å². The largest absolute Gasteiger partial charge is 0.489 e. The van der Waals surface area contributed by atoms with Gasteiger partial charge in [0.15, 0.2) is 5.78 Å². The smallest absolute Gasteiger partial charge is 0.336 e. The maximum absolute atomic E-state index is 13.2. The minimum absolute atomic E-state index is 0.0655. The second-order valence-electron chi connectivity index (χ2n) is 9.41. The fraction of sp³-hybridized carbons (Fsp3) is 0.333. The van der Waals surface area contributed by atoms with E-state index in [9.17, 15) is 9.59 Å². The van der Waals surface area contributed by atoms with E-state index < -0.39 is 11.9 Å². The van der Waals surface area contributed by atoms with Crippen molar-refractivity contribution >= 4 is 23.4 Å². The van der Waals surface area contributed by atoms with Gasteiger partial charge in [0, 0.05) is 34.3 Å². The molecule has 2 aromatic rings. The molecule has 6 heteroatoms. The first-order chi connectivity index (χ1) is 15.7. The second-order valence-corrected chi connectivity index (χ2v) is 9.84. The Labute approximate surface area is 199 Å². The first kappa shape index (κ1) is 23.1. The Kier molecular flexibility index (Phi) is 6.35. The zero-order valence-corrected chi connectivity index (χ0v) is 20.1. The predicted octanol–water partition coefficient (Wildman–Crippen LogP) is 5.70. The van der Waals surface area contributed by atoms with Gasteiger partial charge in [0.05, 0.1) is 12.7 Å². The molecule has 0 radical (unpaired) electrons. The molecule has 0 spiro atoms. The number of halogens is 1. The van der Waals surface area contributed by atoms with Crippen LogP contribution in [-0.2, 0) is 20.9 Å². The fourth-order valence-corrected chi connectivity index (χ4v) is 4.78. The molecule has 2 aliphatic rings. The summed E-state index contributed by atoms with van der Waals surface area (Å²) in [6, 6.07) is 15.1. The van der Waals surface area contributed by atoms with Gasteiger partial charge in [-0.3, -0.25) is 4.79 Å². The molecule has 0 saturated heterocycles. The average molecular weight is 466 g/mol. The normalized spacial score (nSPS) is 19.7. The maximum Gasteiger partial charge on any atom is 0.336 e. The molecule has 0 amide bonds. The summed E-state index contributed by atoms with van der Waals surface area (Å²) in [7, 11) is 1.36. The lowest BCUT2D eigenvalue weighted by molar-refractivity contribution is -0.136. The summed E-state index contributed by atoms with van der Waals surface area (Å²) < 4.78 is 11.0. The van der Waals surface area contributed by atoms with Gasteiger partial charge < -0.3 is 14.8 Å². The first-order valence-corrected chi connectivity index (χ1v) is 11.4. The van der Waals surface area contributed by atoms with Crippen molar-refractivity contribution in [2.75, 3.05) is 7.11 Å². The van der Waals surface area contributed by atoms with Gasteiger partial charge >= 0.3 is 5.97 Å². The van der Waals surface area contributed by atoms with E-state index in [4.69, 9.17) is 21.1 Å². The van der Waals surface area contributed by atoms with E-state index >= 15 is 0 Å². The number of rotatable bonds is 5. The van der Waals surface area contributed by atoms with Crippen molar-refractivity contribution in [3.05, 3.63) is 87.2 Å². The van der Waals surface area contributed by atoms with Crippen molar-refractivity contribution in [3.63, 3.8) is 0 Å². The number of dihydropyridines is 1. The first-order valence-electron chi connectivity index (χ1n) is 11.0. The third-order valence-electron chi connectivity index (χ3n) is 6.18. The number of allylic oxidation sites excluding steroid dienone is 3. The SMILES string of the molecule is COC(=O)C1=C(C)NC2=C(C(=O)CC(C)(C)C2)[C@H]1c1ccc(OCc2ccc(Cl)cc2)cc1. The van der Waals surface area contributed by atoms with E-state index in [2.05, 4.69) is 19.2 Å². The van der Waals surface area contributed by atoms with Crippen LogP contribution in [0.4, 0.5) is 0 Å². The highest BCUT2D eigenvalue weighted by molar-refractivity contribution is 6.30. The molecule has 5 nitrogen and oxygen atoms in total. The number of carbonyl (C=O) groups is 2. The molecule has 4 rings (SSSR count). The quantitative estimate of drug-likeness (QED) is 0.574. The predicted molar refractivity (Wildman–Crippen MR) is 128 cm³/mol. The van der Waals surface area contributed by atoms with Crippen molar-refractivity contribution in [2.24, 2.45) is 5.41 Å². The van der Waals surface area contributed by atoms with Gasteiger partial charge in [-0.25, -0.2) is 4.79 Å². The summed E-state index contributed by atoms with van der Waals surface area (Å²) in [5.74, 6) is -0.135. The Morgan fingerprint density at radius 2 is 1.76 bits per heavy atom. The molecule has 1 aliphatic heterocycles. The number of esters is 1. The number of carbonyl (C=O) groups excluding carboxylic acids is 2. The summed E-state index contributed by atoms with van der Waals surface area (Å²) in [4.78, 5) is 26.0. The topological polar surface area (TPSA) is 64.6 Å². The van der Waals surface area contributed by atoms with Crippen LogP contribution in [-0.4, -0.2) is 18.9 Å². The van der Waals surface area contributed by atoms with Crippen LogP contribution >= 0.6 is 11.6 Å². The van der Waals surface area contributed by atoms with Crippen LogP contribution in [0, 0.1) is 5.41 Å². The van der Waals surface area contributed by atoms with Crippen molar-refractivity contribution in [1.82, 2.24) is 5.32 Å². The number of nitrogens with one attached hydrogen (secondary N) is 1. The lowest BCUT2D eigenvalue weighted by Crippen LogP contribution is -2.38. The highest BCUT2D eigenvalue weighted by Crippen LogP contribution is 2.46. The zero-order valence-electron chi connectivity index (χ0n) is 19.3. The van der Waals surface area contributed by atoms with Crippen LogP contribution in [0.15, 0.2) is 71.1 Å². The van der Waals surface area contributed by atoms with Gasteiger partial charge in [0.1, 0.15) is 12.4 Å². The Morgan fingerprint density at radius 1 is 1.09 bits per heavy atom. The molecule has 0 unspecified atom stereocenters. The average Bonchev–Trinajstić information content (AvgIpc) is 2.77. The molecule has 1 atom stereocenters. The van der Waals surface area contributed by atoms with Crippen LogP contribution < -0.4 is 10.1 Å². The molecule has 0 aromatic heterocycles. The zero-order chi connectivity index (χ0) is 23.8. The van der Waals surface area contributed by atoms with E-state index in [0.717, 1.165) is 28.9 Å². The number of ether oxygens (including phenoxy) is 2. The van der Waals surface area contributed by atoms with Gasteiger partial charge in [0.2, 0.25) is 0 Å². The maximum atomic E-state index is 13.2.